The molecule has 0 aromatic heterocycles. The standard InChI is InChI=1S/C17H17BrClNO/c18-17(16-14-7-1-2-8(3-7)15(14)16)10-4-9-5-13(21)20-12(9)6-11(10)19/h4,6-8,14-17H,1-3,5H2,(H,20,21). The van der Waals surface area contributed by atoms with Gasteiger partial charge in [0.25, 0.3) is 0 Å². The summed E-state index contributed by atoms with van der Waals surface area (Å²) in [5, 5.41) is 3.66. The van der Waals surface area contributed by atoms with E-state index in [0.717, 1.165) is 45.9 Å². The molecule has 3 saturated carbocycles. The maximum absolute atomic E-state index is 11.5. The molecule has 5 rings (SSSR count). The van der Waals surface area contributed by atoms with Crippen LogP contribution in [0.15, 0.2) is 12.1 Å². The molecule has 1 heterocycles. The number of anilines is 1. The monoisotopic (exact) mass is 365 g/mol. The molecular weight excluding hydrogens is 350 g/mol. The summed E-state index contributed by atoms with van der Waals surface area (Å²) in [5.41, 5.74) is 3.17. The summed E-state index contributed by atoms with van der Waals surface area (Å²) in [6, 6.07) is 4.07. The van der Waals surface area contributed by atoms with Crippen molar-refractivity contribution < 1.29 is 4.79 Å². The first-order valence-corrected chi connectivity index (χ1v) is 9.19. The van der Waals surface area contributed by atoms with E-state index in [1.807, 2.05) is 6.07 Å². The number of amides is 1. The van der Waals surface area contributed by atoms with Crippen LogP contribution in [0.5, 0.6) is 0 Å². The van der Waals surface area contributed by atoms with Crippen molar-refractivity contribution in [3.8, 4) is 0 Å². The predicted octanol–water partition coefficient (Wildman–Crippen LogP) is 4.56. The average molecular weight is 367 g/mol. The molecule has 2 bridgehead atoms. The number of carbonyl (C=O) groups is 1. The van der Waals surface area contributed by atoms with Crippen LogP contribution in [-0.2, 0) is 11.2 Å². The van der Waals surface area contributed by atoms with Gasteiger partial charge in [-0.3, -0.25) is 4.79 Å². The highest BCUT2D eigenvalue weighted by Gasteiger charge is 2.66. The number of carbonyl (C=O) groups excluding carboxylic acids is 1. The van der Waals surface area contributed by atoms with E-state index in [1.165, 1.54) is 24.8 Å². The SMILES string of the molecule is O=C1Cc2cc(C(Br)C3C4C5CCC(C5)C43)c(Cl)cc2N1. The Balaban J connectivity index is 1.46. The molecule has 1 aromatic rings. The van der Waals surface area contributed by atoms with Crippen LogP contribution in [-0.4, -0.2) is 5.91 Å². The lowest BCUT2D eigenvalue weighted by Crippen LogP contribution is -2.05. The largest absolute Gasteiger partial charge is 0.325 e. The Hall–Kier alpha value is -0.540. The van der Waals surface area contributed by atoms with Crippen LogP contribution in [0.1, 0.15) is 35.2 Å². The number of nitrogens with one attached hydrogen (secondary N) is 1. The number of alkyl halides is 1. The topological polar surface area (TPSA) is 29.1 Å². The first-order chi connectivity index (χ1) is 10.1. The van der Waals surface area contributed by atoms with Crippen LogP contribution in [0.3, 0.4) is 0 Å². The van der Waals surface area contributed by atoms with Gasteiger partial charge in [0.2, 0.25) is 5.91 Å². The van der Waals surface area contributed by atoms with Gasteiger partial charge in [-0.15, -0.1) is 0 Å². The maximum Gasteiger partial charge on any atom is 0.228 e. The normalized spacial score (nSPS) is 39.9. The molecule has 5 atom stereocenters. The zero-order valence-corrected chi connectivity index (χ0v) is 14.0. The number of rotatable bonds is 2. The predicted molar refractivity (Wildman–Crippen MR) is 86.8 cm³/mol. The molecule has 4 aliphatic rings. The Labute approximate surface area is 137 Å². The van der Waals surface area contributed by atoms with Crippen molar-refractivity contribution >= 4 is 39.1 Å². The molecule has 0 saturated heterocycles. The van der Waals surface area contributed by atoms with Gasteiger partial charge in [-0.05, 0) is 66.0 Å². The number of hydrogen-bond donors (Lipinski definition) is 1. The van der Waals surface area contributed by atoms with E-state index in [-0.39, 0.29) is 5.91 Å². The summed E-state index contributed by atoms with van der Waals surface area (Å²) in [6.45, 7) is 0. The summed E-state index contributed by atoms with van der Waals surface area (Å²) in [4.78, 5) is 11.9. The highest BCUT2D eigenvalue weighted by atomic mass is 79.9. The minimum absolute atomic E-state index is 0.0747. The molecule has 0 radical (unpaired) electrons. The molecule has 4 heteroatoms. The summed E-state index contributed by atoms with van der Waals surface area (Å²) in [7, 11) is 0. The van der Waals surface area contributed by atoms with Gasteiger partial charge in [-0.25, -0.2) is 0 Å². The van der Waals surface area contributed by atoms with Crippen molar-refractivity contribution in [2.45, 2.75) is 30.5 Å². The van der Waals surface area contributed by atoms with Crippen molar-refractivity contribution in [1.29, 1.82) is 0 Å². The average Bonchev–Trinajstić information content (AvgIpc) is 2.75. The molecular formula is C17H17BrClNO. The van der Waals surface area contributed by atoms with Crippen molar-refractivity contribution in [2.75, 3.05) is 5.32 Å². The third-order valence-electron chi connectivity index (χ3n) is 6.28. The first-order valence-electron chi connectivity index (χ1n) is 7.89. The molecule has 1 aromatic carbocycles. The van der Waals surface area contributed by atoms with Gasteiger partial charge in [0, 0.05) is 15.5 Å². The van der Waals surface area contributed by atoms with Gasteiger partial charge < -0.3 is 5.32 Å². The van der Waals surface area contributed by atoms with E-state index in [9.17, 15) is 4.79 Å². The Morgan fingerprint density at radius 2 is 1.95 bits per heavy atom. The molecule has 3 aliphatic carbocycles. The molecule has 1 N–H and O–H groups in total. The Morgan fingerprint density at radius 3 is 2.67 bits per heavy atom. The van der Waals surface area contributed by atoms with Crippen LogP contribution in [0.25, 0.3) is 0 Å². The van der Waals surface area contributed by atoms with Crippen LogP contribution < -0.4 is 5.32 Å². The van der Waals surface area contributed by atoms with Gasteiger partial charge in [-0.1, -0.05) is 33.6 Å². The molecule has 1 aliphatic heterocycles. The van der Waals surface area contributed by atoms with Crippen LogP contribution in [0.2, 0.25) is 5.02 Å². The van der Waals surface area contributed by atoms with Gasteiger partial charge >= 0.3 is 0 Å². The van der Waals surface area contributed by atoms with E-state index < -0.39 is 0 Å². The molecule has 1 amide bonds. The maximum atomic E-state index is 11.5. The summed E-state index contributed by atoms with van der Waals surface area (Å²) >= 11 is 10.4. The Bertz CT molecular complexity index is 644. The van der Waals surface area contributed by atoms with E-state index in [2.05, 4.69) is 27.3 Å². The molecule has 110 valence electrons. The van der Waals surface area contributed by atoms with Gasteiger partial charge in [-0.2, -0.15) is 0 Å². The van der Waals surface area contributed by atoms with Gasteiger partial charge in [0.05, 0.1) is 6.42 Å². The quantitative estimate of drug-likeness (QED) is 0.764. The Morgan fingerprint density at radius 1 is 1.24 bits per heavy atom. The van der Waals surface area contributed by atoms with Crippen LogP contribution in [0, 0.1) is 29.6 Å². The van der Waals surface area contributed by atoms with Crippen molar-refractivity contribution in [3.63, 3.8) is 0 Å². The fourth-order valence-corrected chi connectivity index (χ4v) is 6.97. The summed E-state index contributed by atoms with van der Waals surface area (Å²) in [6.07, 6.45) is 4.85. The zero-order valence-electron chi connectivity index (χ0n) is 11.6. The minimum Gasteiger partial charge on any atom is -0.325 e. The number of hydrogen-bond acceptors (Lipinski definition) is 1. The van der Waals surface area contributed by atoms with E-state index >= 15 is 0 Å². The molecule has 21 heavy (non-hydrogen) atoms. The summed E-state index contributed by atoms with van der Waals surface area (Å²) < 4.78 is 0. The van der Waals surface area contributed by atoms with Crippen LogP contribution >= 0.6 is 27.5 Å². The Kier molecular flexibility index (Phi) is 2.63. The third kappa shape index (κ3) is 1.74. The number of halogens is 2. The molecule has 2 nitrogen and oxygen atoms in total. The van der Waals surface area contributed by atoms with Gasteiger partial charge in [0.1, 0.15) is 0 Å². The van der Waals surface area contributed by atoms with Gasteiger partial charge in [0.15, 0.2) is 0 Å². The lowest BCUT2D eigenvalue weighted by atomic mass is 9.96. The van der Waals surface area contributed by atoms with E-state index in [0.29, 0.717) is 11.2 Å². The second-order valence-corrected chi connectivity index (χ2v) is 8.62. The van der Waals surface area contributed by atoms with Crippen molar-refractivity contribution in [1.82, 2.24) is 0 Å². The van der Waals surface area contributed by atoms with Crippen LogP contribution in [0.4, 0.5) is 5.69 Å². The second kappa shape index (κ2) is 4.26. The zero-order chi connectivity index (χ0) is 14.3. The van der Waals surface area contributed by atoms with Crippen molar-refractivity contribution in [2.24, 2.45) is 29.6 Å². The second-order valence-electron chi connectivity index (χ2n) is 7.22. The first kappa shape index (κ1) is 13.0. The smallest absolute Gasteiger partial charge is 0.228 e. The molecule has 0 spiro atoms. The highest BCUT2D eigenvalue weighted by Crippen LogP contribution is 2.73. The lowest BCUT2D eigenvalue weighted by molar-refractivity contribution is -0.115. The fraction of sp³-hybridized carbons (Fsp3) is 0.588. The van der Waals surface area contributed by atoms with E-state index in [4.69, 9.17) is 11.6 Å². The lowest BCUT2D eigenvalue weighted by Gasteiger charge is -2.17. The molecule has 5 unspecified atom stereocenters. The number of benzene rings is 1. The van der Waals surface area contributed by atoms with Crippen molar-refractivity contribution in [3.05, 3.63) is 28.3 Å². The molecule has 3 fully saturated rings. The minimum atomic E-state index is 0.0747. The fourth-order valence-electron chi connectivity index (χ4n) is 5.47. The highest BCUT2D eigenvalue weighted by molar-refractivity contribution is 9.09. The van der Waals surface area contributed by atoms with E-state index in [1.54, 1.807) is 0 Å². The summed E-state index contributed by atoms with van der Waals surface area (Å²) in [5.74, 6) is 4.64. The number of fused-ring (bicyclic) bond motifs is 6. The third-order valence-corrected chi connectivity index (χ3v) is 7.71.